The van der Waals surface area contributed by atoms with Crippen LogP contribution in [0.2, 0.25) is 0 Å². The monoisotopic (exact) mass is 311 g/mol. The van der Waals surface area contributed by atoms with Crippen LogP contribution in [0.3, 0.4) is 0 Å². The average Bonchev–Trinajstić information content (AvgIpc) is 2.48. The third kappa shape index (κ3) is 4.17. The fourth-order valence-corrected chi connectivity index (χ4v) is 4.30. The Morgan fingerprint density at radius 1 is 1.33 bits per heavy atom. The molecule has 1 fully saturated rings. The van der Waals surface area contributed by atoms with Crippen LogP contribution in [0.15, 0.2) is 18.2 Å². The number of rotatable bonds is 6. The topological polar surface area (TPSA) is 62.3 Å². The molecule has 0 aromatic carbocycles. The van der Waals surface area contributed by atoms with Gasteiger partial charge in [-0.1, -0.05) is 32.8 Å². The number of piperidine rings is 1. The number of pyridine rings is 1. The molecule has 21 heavy (non-hydrogen) atoms. The predicted molar refractivity (Wildman–Crippen MR) is 85.4 cm³/mol. The van der Waals surface area contributed by atoms with Crippen molar-refractivity contribution in [2.24, 2.45) is 0 Å². The maximum absolute atomic E-state index is 12.6. The van der Waals surface area contributed by atoms with Crippen molar-refractivity contribution in [2.75, 3.05) is 11.3 Å². The van der Waals surface area contributed by atoms with Gasteiger partial charge in [0.25, 0.3) is 0 Å². The molecule has 6 heteroatoms. The molecule has 2 heterocycles. The summed E-state index contributed by atoms with van der Waals surface area (Å²) in [4.78, 5) is 4.33. The molecule has 1 unspecified atom stereocenters. The number of aryl methyl sites for hydroxylation is 1. The van der Waals surface area contributed by atoms with Crippen molar-refractivity contribution >= 4 is 16.0 Å². The Labute approximate surface area is 128 Å². The number of nitrogens with zero attached hydrogens (tertiary/aromatic N) is 2. The molecule has 1 aromatic heterocycles. The van der Waals surface area contributed by atoms with Gasteiger partial charge in [0.05, 0.1) is 0 Å². The van der Waals surface area contributed by atoms with Crippen molar-refractivity contribution in [1.82, 2.24) is 9.29 Å². The van der Waals surface area contributed by atoms with E-state index in [0.717, 1.165) is 44.2 Å². The second kappa shape index (κ2) is 7.22. The highest BCUT2D eigenvalue weighted by atomic mass is 32.2. The highest BCUT2D eigenvalue weighted by Gasteiger charge is 2.31. The predicted octanol–water partition coefficient (Wildman–Crippen LogP) is 2.96. The van der Waals surface area contributed by atoms with Crippen LogP contribution in [0.1, 0.15) is 51.6 Å². The van der Waals surface area contributed by atoms with E-state index in [-0.39, 0.29) is 6.04 Å². The fraction of sp³-hybridized carbons (Fsp3) is 0.667. The van der Waals surface area contributed by atoms with Gasteiger partial charge in [0.2, 0.25) is 0 Å². The van der Waals surface area contributed by atoms with Crippen LogP contribution in [0.4, 0.5) is 5.82 Å². The Bertz CT molecular complexity index is 558. The summed E-state index contributed by atoms with van der Waals surface area (Å²) in [5.41, 5.74) is 0.888. The molecule has 1 aliphatic rings. The van der Waals surface area contributed by atoms with Crippen molar-refractivity contribution < 1.29 is 8.42 Å². The third-order valence-electron chi connectivity index (χ3n) is 3.91. The van der Waals surface area contributed by atoms with E-state index in [0.29, 0.717) is 12.4 Å². The summed E-state index contributed by atoms with van der Waals surface area (Å²) in [6, 6.07) is 5.56. The van der Waals surface area contributed by atoms with E-state index in [4.69, 9.17) is 0 Å². The molecule has 1 saturated heterocycles. The number of nitrogens with one attached hydrogen (secondary N) is 1. The largest absolute Gasteiger partial charge is 0.303 e. The van der Waals surface area contributed by atoms with Gasteiger partial charge in [-0.05, 0) is 37.8 Å². The molecule has 0 aliphatic carbocycles. The lowest BCUT2D eigenvalue weighted by Crippen LogP contribution is -2.46. The van der Waals surface area contributed by atoms with Gasteiger partial charge < -0.3 is 0 Å². The van der Waals surface area contributed by atoms with Crippen LogP contribution >= 0.6 is 0 Å². The van der Waals surface area contributed by atoms with E-state index in [9.17, 15) is 8.42 Å². The molecule has 0 bridgehead atoms. The summed E-state index contributed by atoms with van der Waals surface area (Å²) >= 11 is 0. The molecular weight excluding hydrogens is 286 g/mol. The summed E-state index contributed by atoms with van der Waals surface area (Å²) < 4.78 is 29.5. The van der Waals surface area contributed by atoms with Crippen LogP contribution in [-0.2, 0) is 16.6 Å². The van der Waals surface area contributed by atoms with E-state index in [1.54, 1.807) is 10.4 Å². The lowest BCUT2D eigenvalue weighted by atomic mass is 10.0. The summed E-state index contributed by atoms with van der Waals surface area (Å²) in [7, 11) is -3.51. The standard InChI is InChI=1S/C15H25N3O2S/c1-3-8-14-10-5-6-12-18(14)21(19,20)17-15-11-7-9-13(4-2)16-15/h7,9,11,14H,3-6,8,10,12H2,1-2H3,(H,16,17). The van der Waals surface area contributed by atoms with Gasteiger partial charge >= 0.3 is 10.2 Å². The molecule has 1 N–H and O–H groups in total. The SMILES string of the molecule is CCCC1CCCCN1S(=O)(=O)Nc1cccc(CC)n1. The van der Waals surface area contributed by atoms with E-state index >= 15 is 0 Å². The number of anilines is 1. The van der Waals surface area contributed by atoms with Gasteiger partial charge in [0.15, 0.2) is 0 Å². The van der Waals surface area contributed by atoms with Crippen molar-refractivity contribution in [3.8, 4) is 0 Å². The van der Waals surface area contributed by atoms with Gasteiger partial charge in [-0.25, -0.2) is 4.98 Å². The lowest BCUT2D eigenvalue weighted by Gasteiger charge is -2.34. The van der Waals surface area contributed by atoms with Gasteiger partial charge in [0.1, 0.15) is 5.82 Å². The second-order valence-electron chi connectivity index (χ2n) is 5.52. The quantitative estimate of drug-likeness (QED) is 0.878. The zero-order valence-electron chi connectivity index (χ0n) is 12.9. The Kier molecular flexibility index (Phi) is 5.58. The molecular formula is C15H25N3O2S. The molecule has 118 valence electrons. The third-order valence-corrected chi connectivity index (χ3v) is 5.47. The first kappa shape index (κ1) is 16.2. The van der Waals surface area contributed by atoms with Crippen LogP contribution < -0.4 is 4.72 Å². The highest BCUT2D eigenvalue weighted by Crippen LogP contribution is 2.24. The summed E-state index contributed by atoms with van der Waals surface area (Å²) in [5.74, 6) is 0.412. The van der Waals surface area contributed by atoms with Crippen LogP contribution in [0, 0.1) is 0 Å². The Morgan fingerprint density at radius 3 is 2.86 bits per heavy atom. The number of hydrogen-bond acceptors (Lipinski definition) is 3. The molecule has 0 spiro atoms. The average molecular weight is 311 g/mol. The fourth-order valence-electron chi connectivity index (χ4n) is 2.84. The van der Waals surface area contributed by atoms with Crippen molar-refractivity contribution in [3.63, 3.8) is 0 Å². The zero-order chi connectivity index (χ0) is 15.3. The van der Waals surface area contributed by atoms with Gasteiger partial charge in [-0.15, -0.1) is 0 Å². The molecule has 5 nitrogen and oxygen atoms in total. The highest BCUT2D eigenvalue weighted by molar-refractivity contribution is 7.90. The minimum absolute atomic E-state index is 0.121. The lowest BCUT2D eigenvalue weighted by molar-refractivity contribution is 0.241. The molecule has 1 atom stereocenters. The van der Waals surface area contributed by atoms with Crippen molar-refractivity contribution in [3.05, 3.63) is 23.9 Å². The Morgan fingerprint density at radius 2 is 2.14 bits per heavy atom. The number of hydrogen-bond donors (Lipinski definition) is 1. The van der Waals surface area contributed by atoms with Crippen molar-refractivity contribution in [2.45, 2.75) is 58.4 Å². The summed E-state index contributed by atoms with van der Waals surface area (Å²) in [6.07, 6.45) is 5.71. The van der Waals surface area contributed by atoms with E-state index in [1.165, 1.54) is 0 Å². The normalized spacial score (nSPS) is 20.4. The Hall–Kier alpha value is -1.14. The summed E-state index contributed by atoms with van der Waals surface area (Å²) in [6.45, 7) is 4.70. The molecule has 0 amide bonds. The molecule has 2 rings (SSSR count). The number of aromatic nitrogens is 1. The van der Waals surface area contributed by atoms with E-state index < -0.39 is 10.2 Å². The van der Waals surface area contributed by atoms with Crippen LogP contribution in [-0.4, -0.2) is 30.3 Å². The van der Waals surface area contributed by atoms with Gasteiger partial charge in [-0.2, -0.15) is 12.7 Å². The minimum atomic E-state index is -3.51. The smallest absolute Gasteiger partial charge is 0.254 e. The first-order valence-corrected chi connectivity index (χ1v) is 9.26. The minimum Gasteiger partial charge on any atom is -0.254 e. The zero-order valence-corrected chi connectivity index (χ0v) is 13.7. The second-order valence-corrected chi connectivity index (χ2v) is 7.15. The maximum Gasteiger partial charge on any atom is 0.303 e. The van der Waals surface area contributed by atoms with Gasteiger partial charge in [-0.3, -0.25) is 4.72 Å². The van der Waals surface area contributed by atoms with Crippen LogP contribution in [0.5, 0.6) is 0 Å². The Balaban J connectivity index is 2.15. The first-order valence-electron chi connectivity index (χ1n) is 7.82. The van der Waals surface area contributed by atoms with Crippen molar-refractivity contribution in [1.29, 1.82) is 0 Å². The maximum atomic E-state index is 12.6. The summed E-state index contributed by atoms with van der Waals surface area (Å²) in [5, 5.41) is 0. The van der Waals surface area contributed by atoms with Gasteiger partial charge in [0, 0.05) is 18.3 Å². The molecule has 0 saturated carbocycles. The first-order chi connectivity index (χ1) is 10.1. The van der Waals surface area contributed by atoms with E-state index in [1.807, 2.05) is 19.1 Å². The molecule has 0 radical (unpaired) electrons. The molecule has 1 aromatic rings. The van der Waals surface area contributed by atoms with Crippen LogP contribution in [0.25, 0.3) is 0 Å². The van der Waals surface area contributed by atoms with E-state index in [2.05, 4.69) is 16.6 Å². The molecule has 1 aliphatic heterocycles.